The van der Waals surface area contributed by atoms with Crippen molar-refractivity contribution in [2.45, 2.75) is 6.92 Å². The number of ether oxygens (including phenoxy) is 1. The van der Waals surface area contributed by atoms with Crippen molar-refractivity contribution >= 4 is 28.5 Å². The molecule has 2 heterocycles. The highest BCUT2D eigenvalue weighted by molar-refractivity contribution is 6.02. The molecule has 144 valence electrons. The summed E-state index contributed by atoms with van der Waals surface area (Å²) in [6, 6.07) is 14.4. The summed E-state index contributed by atoms with van der Waals surface area (Å²) < 4.78 is 15.4. The first-order valence-electron chi connectivity index (χ1n) is 8.58. The topological polar surface area (TPSA) is 112 Å². The maximum atomic E-state index is 12.4. The van der Waals surface area contributed by atoms with Crippen LogP contribution in [0.5, 0.6) is 5.75 Å². The lowest BCUT2D eigenvalue weighted by molar-refractivity contribution is -0.131. The van der Waals surface area contributed by atoms with Gasteiger partial charge in [-0.2, -0.15) is 0 Å². The number of carbonyl (C=O) groups excluding carboxylic acids is 2. The molecule has 2 aromatic carbocycles. The molecule has 0 radical (unpaired) electrons. The molecule has 4 rings (SSSR count). The number of furan rings is 1. The average molecular weight is 390 g/mol. The summed E-state index contributed by atoms with van der Waals surface area (Å²) >= 11 is 0. The second-order valence-corrected chi connectivity index (χ2v) is 6.09. The van der Waals surface area contributed by atoms with E-state index in [1.54, 1.807) is 48.5 Å². The minimum Gasteiger partial charge on any atom is -0.459 e. The van der Waals surface area contributed by atoms with E-state index >= 15 is 0 Å². The number of esters is 1. The third-order valence-corrected chi connectivity index (χ3v) is 3.97. The number of hydrogen-bond donors (Lipinski definition) is 1. The van der Waals surface area contributed by atoms with E-state index in [0.29, 0.717) is 16.8 Å². The number of anilines is 1. The monoisotopic (exact) mass is 390 g/mol. The van der Waals surface area contributed by atoms with E-state index in [-0.39, 0.29) is 22.8 Å². The van der Waals surface area contributed by atoms with Crippen molar-refractivity contribution in [3.63, 3.8) is 0 Å². The van der Waals surface area contributed by atoms with Crippen LogP contribution in [0.3, 0.4) is 0 Å². The van der Waals surface area contributed by atoms with Gasteiger partial charge in [0, 0.05) is 18.2 Å². The smallest absolute Gasteiger partial charge is 0.347 e. The number of hydrogen-bond acceptors (Lipinski definition) is 7. The summed E-state index contributed by atoms with van der Waals surface area (Å²) in [7, 11) is 0. The van der Waals surface area contributed by atoms with Gasteiger partial charge in [0.25, 0.3) is 5.91 Å². The molecule has 0 spiro atoms. The molecule has 0 saturated carbocycles. The van der Waals surface area contributed by atoms with Crippen molar-refractivity contribution in [1.29, 1.82) is 0 Å². The van der Waals surface area contributed by atoms with Crippen molar-refractivity contribution in [2.24, 2.45) is 0 Å². The van der Waals surface area contributed by atoms with Crippen LogP contribution in [0.2, 0.25) is 0 Å². The van der Waals surface area contributed by atoms with Crippen LogP contribution < -0.4 is 15.7 Å². The van der Waals surface area contributed by atoms with Gasteiger partial charge in [0.05, 0.1) is 17.2 Å². The van der Waals surface area contributed by atoms with E-state index in [4.69, 9.17) is 13.6 Å². The fourth-order valence-corrected chi connectivity index (χ4v) is 2.73. The summed E-state index contributed by atoms with van der Waals surface area (Å²) in [5.74, 6) is -0.398. The summed E-state index contributed by atoms with van der Waals surface area (Å²) in [5.41, 5.74) is 0.755. The highest BCUT2D eigenvalue weighted by atomic mass is 16.5. The Kier molecular flexibility index (Phi) is 4.66. The lowest BCUT2D eigenvalue weighted by atomic mass is 10.2. The van der Waals surface area contributed by atoms with Gasteiger partial charge in [0.1, 0.15) is 5.75 Å². The van der Waals surface area contributed by atoms with Gasteiger partial charge in [-0.3, -0.25) is 9.59 Å². The predicted octanol–water partition coefficient (Wildman–Crippen LogP) is 3.63. The number of rotatable bonds is 4. The van der Waals surface area contributed by atoms with Gasteiger partial charge in [-0.05, 0) is 48.5 Å². The Hall–Kier alpha value is -4.20. The molecule has 1 N–H and O–H groups in total. The Bertz CT molecular complexity index is 1270. The molecular weight excluding hydrogens is 376 g/mol. The first kappa shape index (κ1) is 18.2. The zero-order valence-corrected chi connectivity index (χ0v) is 15.2. The summed E-state index contributed by atoms with van der Waals surface area (Å²) in [6.45, 7) is 1.27. The molecule has 0 aliphatic rings. The Morgan fingerprint density at radius 2 is 1.93 bits per heavy atom. The highest BCUT2D eigenvalue weighted by Gasteiger charge is 2.13. The molecule has 0 bridgehead atoms. The third-order valence-electron chi connectivity index (χ3n) is 3.97. The van der Waals surface area contributed by atoms with Gasteiger partial charge in [-0.1, -0.05) is 6.07 Å². The first-order valence-corrected chi connectivity index (χ1v) is 8.58. The molecule has 8 heteroatoms. The van der Waals surface area contributed by atoms with Crippen molar-refractivity contribution in [2.75, 3.05) is 5.32 Å². The fraction of sp³-hybridized carbons (Fsp3) is 0.0476. The normalized spacial score (nSPS) is 10.7. The quantitative estimate of drug-likeness (QED) is 0.418. The first-order chi connectivity index (χ1) is 14.0. The standard InChI is InChI=1S/C21H14N2O6/c1-12(24)28-15-7-8-17-16(11-15)21(26)29-20(23-17)13-4-2-5-14(10-13)22-19(25)18-6-3-9-27-18/h2-11H,1H3,(H,22,25). The SMILES string of the molecule is CC(=O)Oc1ccc2nc(-c3cccc(NC(=O)c4ccco4)c3)oc(=O)c2c1. The summed E-state index contributed by atoms with van der Waals surface area (Å²) in [4.78, 5) is 40.0. The Labute approximate surface area is 163 Å². The number of amides is 1. The zero-order valence-electron chi connectivity index (χ0n) is 15.2. The van der Waals surface area contributed by atoms with Crippen LogP contribution in [0.4, 0.5) is 5.69 Å². The molecule has 0 atom stereocenters. The second kappa shape index (κ2) is 7.43. The molecule has 0 aliphatic carbocycles. The number of nitrogens with one attached hydrogen (secondary N) is 1. The maximum Gasteiger partial charge on any atom is 0.347 e. The van der Waals surface area contributed by atoms with E-state index in [0.717, 1.165) is 0 Å². The van der Waals surface area contributed by atoms with E-state index in [9.17, 15) is 14.4 Å². The molecule has 0 aliphatic heterocycles. The van der Waals surface area contributed by atoms with E-state index in [2.05, 4.69) is 10.3 Å². The lowest BCUT2D eigenvalue weighted by Gasteiger charge is -2.07. The average Bonchev–Trinajstić information content (AvgIpc) is 3.23. The highest BCUT2D eigenvalue weighted by Crippen LogP contribution is 2.24. The molecule has 1 amide bonds. The van der Waals surface area contributed by atoms with Gasteiger partial charge in [0.15, 0.2) is 5.76 Å². The third kappa shape index (κ3) is 3.91. The largest absolute Gasteiger partial charge is 0.459 e. The minimum absolute atomic E-state index is 0.0943. The second-order valence-electron chi connectivity index (χ2n) is 6.09. The van der Waals surface area contributed by atoms with E-state index in [1.165, 1.54) is 19.3 Å². The van der Waals surface area contributed by atoms with Gasteiger partial charge in [-0.25, -0.2) is 9.78 Å². The number of benzene rings is 2. The van der Waals surface area contributed by atoms with Crippen molar-refractivity contribution in [1.82, 2.24) is 4.98 Å². The van der Waals surface area contributed by atoms with Crippen molar-refractivity contribution in [3.05, 3.63) is 77.0 Å². The predicted molar refractivity (Wildman–Crippen MR) is 104 cm³/mol. The molecular formula is C21H14N2O6. The van der Waals surface area contributed by atoms with Crippen molar-refractivity contribution in [3.8, 4) is 17.2 Å². The van der Waals surface area contributed by atoms with Gasteiger partial charge in [-0.15, -0.1) is 0 Å². The molecule has 0 fully saturated rings. The van der Waals surface area contributed by atoms with Crippen LogP contribution in [0, 0.1) is 0 Å². The van der Waals surface area contributed by atoms with Crippen LogP contribution in [0.25, 0.3) is 22.4 Å². The molecule has 0 saturated heterocycles. The molecule has 8 nitrogen and oxygen atoms in total. The van der Waals surface area contributed by atoms with Crippen LogP contribution in [0.1, 0.15) is 17.5 Å². The molecule has 2 aromatic heterocycles. The zero-order chi connectivity index (χ0) is 20.4. The lowest BCUT2D eigenvalue weighted by Crippen LogP contribution is -2.10. The van der Waals surface area contributed by atoms with E-state index in [1.807, 2.05) is 0 Å². The van der Waals surface area contributed by atoms with Crippen LogP contribution in [0.15, 0.2) is 74.5 Å². The van der Waals surface area contributed by atoms with Crippen LogP contribution >= 0.6 is 0 Å². The molecule has 29 heavy (non-hydrogen) atoms. The Morgan fingerprint density at radius 3 is 2.69 bits per heavy atom. The Morgan fingerprint density at radius 1 is 1.07 bits per heavy atom. The maximum absolute atomic E-state index is 12.4. The van der Waals surface area contributed by atoms with Gasteiger partial charge >= 0.3 is 11.6 Å². The Balaban J connectivity index is 1.67. The van der Waals surface area contributed by atoms with Crippen molar-refractivity contribution < 1.29 is 23.2 Å². The molecule has 0 unspecified atom stereocenters. The summed E-state index contributed by atoms with van der Waals surface area (Å²) in [6.07, 6.45) is 1.41. The van der Waals surface area contributed by atoms with Gasteiger partial charge < -0.3 is 18.9 Å². The number of carbonyl (C=O) groups is 2. The summed E-state index contributed by atoms with van der Waals surface area (Å²) in [5, 5.41) is 2.89. The fourth-order valence-electron chi connectivity index (χ4n) is 2.73. The van der Waals surface area contributed by atoms with Crippen LogP contribution in [-0.4, -0.2) is 16.9 Å². The minimum atomic E-state index is -0.621. The van der Waals surface area contributed by atoms with E-state index < -0.39 is 17.5 Å². The number of nitrogens with zero attached hydrogens (tertiary/aromatic N) is 1. The number of aromatic nitrogens is 1. The van der Waals surface area contributed by atoms with Crippen LogP contribution in [-0.2, 0) is 4.79 Å². The number of fused-ring (bicyclic) bond motifs is 1. The van der Waals surface area contributed by atoms with Gasteiger partial charge in [0.2, 0.25) is 5.89 Å². The molecule has 4 aromatic rings.